The van der Waals surface area contributed by atoms with Crippen molar-refractivity contribution in [3.05, 3.63) is 17.5 Å². The number of thiophene rings is 1. The molecule has 0 fully saturated rings. The van der Waals surface area contributed by atoms with Gasteiger partial charge in [0.05, 0.1) is 0 Å². The van der Waals surface area contributed by atoms with Crippen molar-refractivity contribution in [2.24, 2.45) is 5.92 Å². The van der Waals surface area contributed by atoms with Crippen molar-refractivity contribution in [2.45, 2.75) is 24.0 Å². The van der Waals surface area contributed by atoms with Crippen LogP contribution in [0.4, 0.5) is 0 Å². The Hall–Kier alpha value is -1.45. The van der Waals surface area contributed by atoms with Gasteiger partial charge in [-0.1, -0.05) is 13.0 Å². The Balaban J connectivity index is 2.26. The number of aliphatic carboxylic acids is 1. The number of sulfonamides is 1. The summed E-state index contributed by atoms with van der Waals surface area (Å²) in [4.78, 5) is 22.0. The molecule has 118 valence electrons. The molecule has 1 aromatic rings. The van der Waals surface area contributed by atoms with Gasteiger partial charge < -0.3 is 10.4 Å². The molecule has 3 N–H and O–H groups in total. The van der Waals surface area contributed by atoms with E-state index in [-0.39, 0.29) is 42.0 Å². The smallest absolute Gasteiger partial charge is 0.303 e. The number of hydrogen-bond donors (Lipinski definition) is 3. The van der Waals surface area contributed by atoms with Gasteiger partial charge in [-0.15, -0.1) is 11.3 Å². The van der Waals surface area contributed by atoms with E-state index in [1.165, 1.54) is 6.07 Å². The average molecular weight is 334 g/mol. The lowest BCUT2D eigenvalue weighted by atomic mass is 10.1. The first kappa shape index (κ1) is 17.6. The van der Waals surface area contributed by atoms with Gasteiger partial charge in [0, 0.05) is 25.9 Å². The quantitative estimate of drug-likeness (QED) is 0.613. The fourth-order valence-electron chi connectivity index (χ4n) is 1.53. The molecule has 1 aromatic heterocycles. The maximum atomic E-state index is 11.8. The maximum Gasteiger partial charge on any atom is 0.303 e. The Morgan fingerprint density at radius 2 is 2.14 bits per heavy atom. The molecule has 0 radical (unpaired) electrons. The summed E-state index contributed by atoms with van der Waals surface area (Å²) >= 11 is 1.10. The zero-order valence-electron chi connectivity index (χ0n) is 11.5. The first-order valence-corrected chi connectivity index (χ1v) is 8.69. The fourth-order valence-corrected chi connectivity index (χ4v) is 3.60. The van der Waals surface area contributed by atoms with Gasteiger partial charge in [0.2, 0.25) is 15.9 Å². The number of nitrogens with one attached hydrogen (secondary N) is 2. The Bertz CT molecular complexity index is 568. The molecule has 0 saturated heterocycles. The molecule has 9 heteroatoms. The van der Waals surface area contributed by atoms with Crippen LogP contribution >= 0.6 is 11.3 Å². The summed E-state index contributed by atoms with van der Waals surface area (Å²) in [6.45, 7) is 1.97. The van der Waals surface area contributed by atoms with E-state index in [0.29, 0.717) is 0 Å². The molecule has 0 bridgehead atoms. The minimum atomic E-state index is -3.55. The van der Waals surface area contributed by atoms with Gasteiger partial charge in [-0.2, -0.15) is 0 Å². The highest BCUT2D eigenvalue weighted by Crippen LogP contribution is 2.14. The number of hydrogen-bond acceptors (Lipinski definition) is 5. The Kier molecular flexibility index (Phi) is 6.79. The highest BCUT2D eigenvalue weighted by Gasteiger charge is 2.15. The van der Waals surface area contributed by atoms with Crippen molar-refractivity contribution in [1.29, 1.82) is 0 Å². The van der Waals surface area contributed by atoms with Crippen LogP contribution in [-0.2, 0) is 19.6 Å². The molecule has 0 aliphatic heterocycles. The van der Waals surface area contributed by atoms with E-state index >= 15 is 0 Å². The van der Waals surface area contributed by atoms with E-state index in [2.05, 4.69) is 10.0 Å². The predicted octanol–water partition coefficient (Wildman–Crippen LogP) is 0.643. The number of rotatable bonds is 9. The van der Waals surface area contributed by atoms with Crippen molar-refractivity contribution in [2.75, 3.05) is 13.1 Å². The largest absolute Gasteiger partial charge is 0.481 e. The van der Waals surface area contributed by atoms with Crippen LogP contribution < -0.4 is 10.0 Å². The molecule has 0 aliphatic rings. The van der Waals surface area contributed by atoms with Crippen LogP contribution in [0.3, 0.4) is 0 Å². The molecule has 1 rings (SSSR count). The number of carboxylic acids is 1. The first-order chi connectivity index (χ1) is 9.81. The van der Waals surface area contributed by atoms with Gasteiger partial charge in [-0.25, -0.2) is 13.1 Å². The van der Waals surface area contributed by atoms with E-state index in [9.17, 15) is 18.0 Å². The Morgan fingerprint density at radius 3 is 2.71 bits per heavy atom. The van der Waals surface area contributed by atoms with E-state index in [1.54, 1.807) is 18.4 Å². The van der Waals surface area contributed by atoms with Crippen molar-refractivity contribution in [3.63, 3.8) is 0 Å². The van der Waals surface area contributed by atoms with Gasteiger partial charge in [-0.05, 0) is 17.4 Å². The lowest BCUT2D eigenvalue weighted by molar-refractivity contribution is -0.138. The molecule has 1 heterocycles. The number of amides is 1. The predicted molar refractivity (Wildman–Crippen MR) is 78.6 cm³/mol. The number of carboxylic acid groups (broad SMARTS) is 1. The molecule has 0 aliphatic carbocycles. The van der Waals surface area contributed by atoms with Crippen LogP contribution in [0.5, 0.6) is 0 Å². The highest BCUT2D eigenvalue weighted by atomic mass is 32.2. The molecular formula is C12H18N2O5S2. The fraction of sp³-hybridized carbons (Fsp3) is 0.500. The second-order valence-corrected chi connectivity index (χ2v) is 7.53. The molecule has 1 atom stereocenters. The Morgan fingerprint density at radius 1 is 1.43 bits per heavy atom. The van der Waals surface area contributed by atoms with E-state index in [1.807, 2.05) is 0 Å². The third kappa shape index (κ3) is 6.69. The first-order valence-electron chi connectivity index (χ1n) is 6.33. The third-order valence-corrected chi connectivity index (χ3v) is 5.43. The summed E-state index contributed by atoms with van der Waals surface area (Å²) in [6.07, 6.45) is -0.0182. The summed E-state index contributed by atoms with van der Waals surface area (Å²) in [5.41, 5.74) is 0. The summed E-state index contributed by atoms with van der Waals surface area (Å²) < 4.78 is 26.1. The van der Waals surface area contributed by atoms with Crippen molar-refractivity contribution < 1.29 is 23.1 Å². The molecule has 0 spiro atoms. The van der Waals surface area contributed by atoms with Gasteiger partial charge in [0.15, 0.2) is 0 Å². The molecule has 7 nitrogen and oxygen atoms in total. The zero-order chi connectivity index (χ0) is 15.9. The second kappa shape index (κ2) is 8.11. The van der Waals surface area contributed by atoms with Crippen LogP contribution in [0.25, 0.3) is 0 Å². The molecule has 1 unspecified atom stereocenters. The zero-order valence-corrected chi connectivity index (χ0v) is 13.2. The SMILES string of the molecule is CC(CNC(=O)CCNS(=O)(=O)c1cccs1)CC(=O)O. The molecule has 1 amide bonds. The highest BCUT2D eigenvalue weighted by molar-refractivity contribution is 7.91. The molecule has 0 aromatic carbocycles. The van der Waals surface area contributed by atoms with E-state index in [0.717, 1.165) is 11.3 Å². The summed E-state index contributed by atoms with van der Waals surface area (Å²) in [5, 5.41) is 12.8. The third-order valence-electron chi connectivity index (χ3n) is 2.57. The average Bonchev–Trinajstić information content (AvgIpc) is 2.90. The van der Waals surface area contributed by atoms with Gasteiger partial charge in [0.25, 0.3) is 0 Å². The van der Waals surface area contributed by atoms with Gasteiger partial charge >= 0.3 is 5.97 Å². The standard InChI is InChI=1S/C12H18N2O5S2/c1-9(7-11(16)17)8-13-10(15)4-5-14-21(18,19)12-3-2-6-20-12/h2-3,6,9,14H,4-5,7-8H2,1H3,(H,13,15)(H,16,17). The minimum absolute atomic E-state index is 0.000617. The van der Waals surface area contributed by atoms with Crippen molar-refractivity contribution in [3.8, 4) is 0 Å². The lowest BCUT2D eigenvalue weighted by Gasteiger charge is -2.10. The van der Waals surface area contributed by atoms with Crippen LogP contribution in [0.1, 0.15) is 19.8 Å². The molecular weight excluding hydrogens is 316 g/mol. The lowest BCUT2D eigenvalue weighted by Crippen LogP contribution is -2.33. The molecule has 21 heavy (non-hydrogen) atoms. The topological polar surface area (TPSA) is 113 Å². The Labute approximate surface area is 127 Å². The monoisotopic (exact) mass is 334 g/mol. The summed E-state index contributed by atoms with van der Waals surface area (Å²) in [6, 6.07) is 3.12. The van der Waals surface area contributed by atoms with Crippen molar-refractivity contribution >= 4 is 33.2 Å². The second-order valence-electron chi connectivity index (χ2n) is 4.59. The number of carbonyl (C=O) groups is 2. The van der Waals surface area contributed by atoms with Gasteiger partial charge in [-0.3, -0.25) is 9.59 Å². The van der Waals surface area contributed by atoms with Gasteiger partial charge in [0.1, 0.15) is 4.21 Å². The van der Waals surface area contributed by atoms with Crippen LogP contribution in [0.15, 0.2) is 21.7 Å². The van der Waals surface area contributed by atoms with Crippen LogP contribution in [0, 0.1) is 5.92 Å². The summed E-state index contributed by atoms with van der Waals surface area (Å²) in [5.74, 6) is -1.41. The van der Waals surface area contributed by atoms with Crippen LogP contribution in [-0.4, -0.2) is 38.5 Å². The van der Waals surface area contributed by atoms with Crippen molar-refractivity contribution in [1.82, 2.24) is 10.0 Å². The maximum absolute atomic E-state index is 11.8. The number of carbonyl (C=O) groups excluding carboxylic acids is 1. The minimum Gasteiger partial charge on any atom is -0.481 e. The summed E-state index contributed by atoms with van der Waals surface area (Å²) in [7, 11) is -3.55. The van der Waals surface area contributed by atoms with E-state index < -0.39 is 16.0 Å². The van der Waals surface area contributed by atoms with Crippen LogP contribution in [0.2, 0.25) is 0 Å². The van der Waals surface area contributed by atoms with E-state index in [4.69, 9.17) is 5.11 Å². The normalized spacial score (nSPS) is 12.8. The molecule has 0 saturated carbocycles.